The molecule has 2 rings (SSSR count). The third-order valence-corrected chi connectivity index (χ3v) is 1.90. The van der Waals surface area contributed by atoms with Gasteiger partial charge in [0.25, 0.3) is 0 Å². The number of aryl methyl sites for hydroxylation is 1. The van der Waals surface area contributed by atoms with Crippen molar-refractivity contribution < 1.29 is 4.42 Å². The molecule has 2 N–H and O–H groups in total. The molecule has 0 aromatic carbocycles. The van der Waals surface area contributed by atoms with Crippen LogP contribution < -0.4 is 5.73 Å². The van der Waals surface area contributed by atoms with Crippen molar-refractivity contribution in [3.05, 3.63) is 30.0 Å². The van der Waals surface area contributed by atoms with Crippen LogP contribution >= 0.6 is 0 Å². The van der Waals surface area contributed by atoms with Crippen molar-refractivity contribution in [1.82, 2.24) is 15.0 Å². The summed E-state index contributed by atoms with van der Waals surface area (Å²) in [7, 11) is 0. The van der Waals surface area contributed by atoms with Gasteiger partial charge in [-0.25, -0.2) is 15.0 Å². The predicted octanol–water partition coefficient (Wildman–Crippen LogP) is 0.941. The minimum Gasteiger partial charge on any atom is -0.461 e. The third kappa shape index (κ3) is 2.19. The average molecular weight is 204 g/mol. The lowest BCUT2D eigenvalue weighted by Gasteiger charge is -2.01. The van der Waals surface area contributed by atoms with E-state index in [4.69, 9.17) is 10.2 Å². The van der Waals surface area contributed by atoms with Crippen molar-refractivity contribution in [3.63, 3.8) is 0 Å². The summed E-state index contributed by atoms with van der Waals surface area (Å²) >= 11 is 0. The average Bonchev–Trinajstić information content (AvgIpc) is 2.70. The minimum atomic E-state index is 0.529. The minimum absolute atomic E-state index is 0.529. The van der Waals surface area contributed by atoms with Crippen LogP contribution in [0.2, 0.25) is 0 Å². The summed E-state index contributed by atoms with van der Waals surface area (Å²) in [5.74, 6) is 2.60. The first-order valence-corrected chi connectivity index (χ1v) is 4.75. The fourth-order valence-corrected chi connectivity index (χ4v) is 1.29. The van der Waals surface area contributed by atoms with E-state index in [0.717, 1.165) is 0 Å². The van der Waals surface area contributed by atoms with E-state index in [1.165, 1.54) is 0 Å². The van der Waals surface area contributed by atoms with Crippen LogP contribution in [0.3, 0.4) is 0 Å². The molecule has 0 fully saturated rings. The molecule has 0 saturated carbocycles. The molecule has 0 atom stereocenters. The first-order valence-electron chi connectivity index (χ1n) is 4.75. The van der Waals surface area contributed by atoms with Crippen molar-refractivity contribution in [2.75, 3.05) is 6.54 Å². The zero-order valence-corrected chi connectivity index (χ0v) is 8.47. The number of furan rings is 1. The highest BCUT2D eigenvalue weighted by Gasteiger charge is 2.07. The van der Waals surface area contributed by atoms with Crippen molar-refractivity contribution >= 4 is 0 Å². The van der Waals surface area contributed by atoms with Crippen LogP contribution in [-0.4, -0.2) is 21.5 Å². The molecule has 0 amide bonds. The van der Waals surface area contributed by atoms with E-state index >= 15 is 0 Å². The molecular weight excluding hydrogens is 192 g/mol. The Hall–Kier alpha value is -1.75. The van der Waals surface area contributed by atoms with Gasteiger partial charge >= 0.3 is 0 Å². The van der Waals surface area contributed by atoms with Gasteiger partial charge in [-0.2, -0.15) is 0 Å². The van der Waals surface area contributed by atoms with E-state index in [0.29, 0.717) is 36.2 Å². The molecule has 0 aliphatic rings. The number of hydrogen-bond donors (Lipinski definition) is 1. The van der Waals surface area contributed by atoms with Gasteiger partial charge in [-0.1, -0.05) is 0 Å². The number of nitrogens with zero attached hydrogens (tertiary/aromatic N) is 3. The topological polar surface area (TPSA) is 77.8 Å². The standard InChI is InChI=1S/C10H12N4O/c1-7-12-9(4-5-11)14-10(13-7)8-3-2-6-15-8/h2-3,6H,4-5,11H2,1H3. The number of hydrogen-bond acceptors (Lipinski definition) is 5. The molecule has 0 aliphatic carbocycles. The quantitative estimate of drug-likeness (QED) is 0.805. The van der Waals surface area contributed by atoms with Gasteiger partial charge in [0.15, 0.2) is 11.6 Å². The molecule has 0 radical (unpaired) electrons. The Morgan fingerprint density at radius 1 is 1.33 bits per heavy atom. The Morgan fingerprint density at radius 2 is 2.20 bits per heavy atom. The molecule has 5 heteroatoms. The van der Waals surface area contributed by atoms with Crippen LogP contribution in [0.5, 0.6) is 0 Å². The van der Waals surface area contributed by atoms with Crippen LogP contribution in [-0.2, 0) is 6.42 Å². The maximum absolute atomic E-state index is 5.46. The maximum atomic E-state index is 5.46. The lowest BCUT2D eigenvalue weighted by Crippen LogP contribution is -2.09. The predicted molar refractivity (Wildman–Crippen MR) is 55.0 cm³/mol. The van der Waals surface area contributed by atoms with Gasteiger partial charge in [-0.3, -0.25) is 0 Å². The van der Waals surface area contributed by atoms with Crippen LogP contribution in [0.25, 0.3) is 11.6 Å². The molecule has 5 nitrogen and oxygen atoms in total. The Kier molecular flexibility index (Phi) is 2.73. The largest absolute Gasteiger partial charge is 0.461 e. The number of aromatic nitrogens is 3. The molecule has 0 saturated heterocycles. The fraction of sp³-hybridized carbons (Fsp3) is 0.300. The van der Waals surface area contributed by atoms with E-state index in [-0.39, 0.29) is 0 Å². The van der Waals surface area contributed by atoms with Gasteiger partial charge in [0.05, 0.1) is 6.26 Å². The summed E-state index contributed by atoms with van der Waals surface area (Å²) in [5.41, 5.74) is 5.46. The SMILES string of the molecule is Cc1nc(CCN)nc(-c2ccco2)n1. The Bertz CT molecular complexity index is 439. The normalized spacial score (nSPS) is 10.5. The molecule has 2 heterocycles. The monoisotopic (exact) mass is 204 g/mol. The molecule has 0 spiro atoms. The van der Waals surface area contributed by atoms with Crippen LogP contribution in [0.1, 0.15) is 11.6 Å². The van der Waals surface area contributed by atoms with E-state index < -0.39 is 0 Å². The molecule has 78 valence electrons. The summed E-state index contributed by atoms with van der Waals surface area (Å²) in [6.07, 6.45) is 2.24. The van der Waals surface area contributed by atoms with Crippen LogP contribution in [0.15, 0.2) is 22.8 Å². The lowest BCUT2D eigenvalue weighted by atomic mass is 10.3. The molecular formula is C10H12N4O. The van der Waals surface area contributed by atoms with Gasteiger partial charge < -0.3 is 10.2 Å². The van der Waals surface area contributed by atoms with E-state index in [1.807, 2.05) is 13.0 Å². The van der Waals surface area contributed by atoms with Crippen molar-refractivity contribution in [2.45, 2.75) is 13.3 Å². The summed E-state index contributed by atoms with van der Waals surface area (Å²) in [6.45, 7) is 2.36. The van der Waals surface area contributed by atoms with Crippen molar-refractivity contribution in [1.29, 1.82) is 0 Å². The van der Waals surface area contributed by atoms with Crippen molar-refractivity contribution in [2.24, 2.45) is 5.73 Å². The molecule has 0 bridgehead atoms. The summed E-state index contributed by atoms with van der Waals surface area (Å²) in [6, 6.07) is 3.62. The Balaban J connectivity index is 2.40. The highest BCUT2D eigenvalue weighted by molar-refractivity contribution is 5.45. The first kappa shape index (κ1) is 9.79. The second kappa shape index (κ2) is 4.18. The highest BCUT2D eigenvalue weighted by atomic mass is 16.3. The van der Waals surface area contributed by atoms with E-state index in [1.54, 1.807) is 12.3 Å². The summed E-state index contributed by atoms with van der Waals surface area (Å²) in [5, 5.41) is 0. The van der Waals surface area contributed by atoms with Gasteiger partial charge in [0, 0.05) is 6.42 Å². The van der Waals surface area contributed by atoms with E-state index in [2.05, 4.69) is 15.0 Å². The zero-order chi connectivity index (χ0) is 10.7. The second-order valence-corrected chi connectivity index (χ2v) is 3.14. The molecule has 0 aliphatic heterocycles. The Morgan fingerprint density at radius 3 is 2.87 bits per heavy atom. The smallest absolute Gasteiger partial charge is 0.199 e. The van der Waals surface area contributed by atoms with Crippen LogP contribution in [0.4, 0.5) is 0 Å². The molecule has 0 unspecified atom stereocenters. The van der Waals surface area contributed by atoms with Crippen molar-refractivity contribution in [3.8, 4) is 11.6 Å². The third-order valence-electron chi connectivity index (χ3n) is 1.90. The Labute approximate surface area is 87.4 Å². The maximum Gasteiger partial charge on any atom is 0.199 e. The number of nitrogens with two attached hydrogens (primary N) is 1. The lowest BCUT2D eigenvalue weighted by molar-refractivity contribution is 0.575. The molecule has 2 aromatic heterocycles. The first-order chi connectivity index (χ1) is 7.29. The molecule has 2 aromatic rings. The second-order valence-electron chi connectivity index (χ2n) is 3.14. The van der Waals surface area contributed by atoms with Gasteiger partial charge in [-0.05, 0) is 25.6 Å². The summed E-state index contributed by atoms with van der Waals surface area (Å²) < 4.78 is 5.22. The highest BCUT2D eigenvalue weighted by Crippen LogP contribution is 2.14. The fourth-order valence-electron chi connectivity index (χ4n) is 1.29. The number of rotatable bonds is 3. The zero-order valence-electron chi connectivity index (χ0n) is 8.47. The van der Waals surface area contributed by atoms with Gasteiger partial charge in [-0.15, -0.1) is 0 Å². The van der Waals surface area contributed by atoms with Gasteiger partial charge in [0.1, 0.15) is 11.6 Å². The van der Waals surface area contributed by atoms with Gasteiger partial charge in [0.2, 0.25) is 0 Å². The van der Waals surface area contributed by atoms with E-state index in [9.17, 15) is 0 Å². The molecule has 15 heavy (non-hydrogen) atoms. The van der Waals surface area contributed by atoms with Crippen LogP contribution in [0, 0.1) is 6.92 Å². The summed E-state index contributed by atoms with van der Waals surface area (Å²) in [4.78, 5) is 12.7.